The average Bonchev–Trinajstić information content (AvgIpc) is 2.83. The molecular weight excluding hydrogens is 289 g/mol. The van der Waals surface area contributed by atoms with Gasteiger partial charge in [-0.3, -0.25) is 4.79 Å². The van der Waals surface area contributed by atoms with Gasteiger partial charge in [0.1, 0.15) is 0 Å². The zero-order valence-electron chi connectivity index (χ0n) is 11.8. The van der Waals surface area contributed by atoms with Gasteiger partial charge in [-0.2, -0.15) is 13.2 Å². The van der Waals surface area contributed by atoms with Gasteiger partial charge in [-0.05, 0) is 12.8 Å². The predicted octanol–water partition coefficient (Wildman–Crippen LogP) is 2.34. The second-order valence-electron chi connectivity index (χ2n) is 5.07. The average molecular weight is 308 g/mol. The van der Waals surface area contributed by atoms with E-state index in [0.29, 0.717) is 13.0 Å². The third-order valence-electron chi connectivity index (χ3n) is 3.61. The van der Waals surface area contributed by atoms with E-state index >= 15 is 0 Å². The highest BCUT2D eigenvalue weighted by molar-refractivity contribution is 5.80. The summed E-state index contributed by atoms with van der Waals surface area (Å²) in [6.07, 6.45) is -3.37. The lowest BCUT2D eigenvalue weighted by Gasteiger charge is -2.30. The molecule has 1 heterocycles. The van der Waals surface area contributed by atoms with Crippen LogP contribution in [-0.4, -0.2) is 59.3 Å². The molecule has 21 heavy (non-hydrogen) atoms. The lowest BCUT2D eigenvalue weighted by atomic mass is 9.86. The molecule has 1 fully saturated rings. The van der Waals surface area contributed by atoms with Crippen LogP contribution in [0.1, 0.15) is 19.8 Å². The van der Waals surface area contributed by atoms with Crippen molar-refractivity contribution >= 4 is 12.0 Å². The van der Waals surface area contributed by atoms with Gasteiger partial charge in [0.15, 0.2) is 5.41 Å². The molecule has 0 bridgehead atoms. The van der Waals surface area contributed by atoms with E-state index in [2.05, 4.69) is 6.58 Å². The molecule has 1 unspecified atom stereocenters. The molecule has 2 amide bonds. The van der Waals surface area contributed by atoms with Gasteiger partial charge in [-0.25, -0.2) is 4.79 Å². The minimum atomic E-state index is -4.89. The summed E-state index contributed by atoms with van der Waals surface area (Å²) in [7, 11) is 0. The fourth-order valence-electron chi connectivity index (χ4n) is 2.39. The van der Waals surface area contributed by atoms with Crippen LogP contribution in [0.3, 0.4) is 0 Å². The van der Waals surface area contributed by atoms with Crippen molar-refractivity contribution in [1.82, 2.24) is 9.80 Å². The molecule has 1 saturated heterocycles. The van der Waals surface area contributed by atoms with Gasteiger partial charge in [0.25, 0.3) is 0 Å². The zero-order chi connectivity index (χ0) is 16.3. The van der Waals surface area contributed by atoms with Crippen LogP contribution in [0.4, 0.5) is 18.0 Å². The van der Waals surface area contributed by atoms with Crippen molar-refractivity contribution in [2.75, 3.05) is 26.2 Å². The maximum Gasteiger partial charge on any atom is 0.406 e. The standard InChI is InChI=1S/C13H19F3N2O3/c1-3-6-17(7-4-2)11(21)18-8-5-12(9-18,10(19)20)13(14,15)16/h3H,1,4-9H2,2H3,(H,19,20). The van der Waals surface area contributed by atoms with Gasteiger partial charge < -0.3 is 14.9 Å². The fraction of sp³-hybridized carbons (Fsp3) is 0.692. The van der Waals surface area contributed by atoms with Crippen LogP contribution in [0, 0.1) is 5.41 Å². The number of halogens is 3. The van der Waals surface area contributed by atoms with Crippen molar-refractivity contribution in [2.45, 2.75) is 25.9 Å². The molecule has 0 aromatic rings. The lowest BCUT2D eigenvalue weighted by molar-refractivity contribution is -0.227. The molecule has 1 atom stereocenters. The summed E-state index contributed by atoms with van der Waals surface area (Å²) >= 11 is 0. The summed E-state index contributed by atoms with van der Waals surface area (Å²) in [6, 6.07) is -0.580. The Bertz CT molecular complexity index is 425. The van der Waals surface area contributed by atoms with Gasteiger partial charge >= 0.3 is 18.2 Å². The van der Waals surface area contributed by atoms with Crippen LogP contribution in [0.15, 0.2) is 12.7 Å². The third kappa shape index (κ3) is 3.30. The number of rotatable bonds is 5. The van der Waals surface area contributed by atoms with Crippen molar-refractivity contribution in [3.8, 4) is 0 Å². The SMILES string of the molecule is C=CCN(CCC)C(=O)N1CCC(C(=O)O)(C(F)(F)F)C1. The molecule has 120 valence electrons. The molecule has 1 aliphatic rings. The van der Waals surface area contributed by atoms with Crippen LogP contribution in [-0.2, 0) is 4.79 Å². The molecule has 1 aliphatic heterocycles. The summed E-state index contributed by atoms with van der Waals surface area (Å²) in [4.78, 5) is 25.6. The summed E-state index contributed by atoms with van der Waals surface area (Å²) in [5, 5.41) is 8.96. The maximum atomic E-state index is 13.1. The van der Waals surface area contributed by atoms with Crippen LogP contribution >= 0.6 is 0 Å². The van der Waals surface area contributed by atoms with Gasteiger partial charge in [0.2, 0.25) is 0 Å². The summed E-state index contributed by atoms with van der Waals surface area (Å²) in [6.45, 7) is 4.87. The molecule has 0 aromatic carbocycles. The van der Waals surface area contributed by atoms with Crippen molar-refractivity contribution in [2.24, 2.45) is 5.41 Å². The largest absolute Gasteiger partial charge is 0.481 e. The highest BCUT2D eigenvalue weighted by Gasteiger charge is 2.64. The van der Waals surface area contributed by atoms with E-state index in [1.807, 2.05) is 6.92 Å². The van der Waals surface area contributed by atoms with Gasteiger partial charge in [0.05, 0.1) is 0 Å². The van der Waals surface area contributed by atoms with Crippen molar-refractivity contribution in [1.29, 1.82) is 0 Å². The number of carbonyl (C=O) groups is 2. The highest BCUT2D eigenvalue weighted by atomic mass is 19.4. The second-order valence-corrected chi connectivity index (χ2v) is 5.07. The highest BCUT2D eigenvalue weighted by Crippen LogP contribution is 2.45. The van der Waals surface area contributed by atoms with E-state index in [9.17, 15) is 22.8 Å². The lowest BCUT2D eigenvalue weighted by Crippen LogP contribution is -2.49. The second kappa shape index (κ2) is 6.36. The molecule has 0 saturated carbocycles. The zero-order valence-corrected chi connectivity index (χ0v) is 11.8. The Kier molecular flexibility index (Phi) is 5.25. The number of hydrogen-bond acceptors (Lipinski definition) is 2. The normalized spacial score (nSPS) is 22.2. The smallest absolute Gasteiger partial charge is 0.406 e. The first kappa shape index (κ1) is 17.3. The van der Waals surface area contributed by atoms with Crippen LogP contribution < -0.4 is 0 Å². The molecule has 1 rings (SSSR count). The molecule has 0 spiro atoms. The van der Waals surface area contributed by atoms with Gasteiger partial charge in [0, 0.05) is 26.2 Å². The monoisotopic (exact) mass is 308 g/mol. The first-order valence-corrected chi connectivity index (χ1v) is 6.64. The van der Waals surface area contributed by atoms with Crippen molar-refractivity contribution < 1.29 is 27.9 Å². The van der Waals surface area contributed by atoms with E-state index in [4.69, 9.17) is 5.11 Å². The van der Waals surface area contributed by atoms with E-state index in [-0.39, 0.29) is 13.1 Å². The number of carboxylic acids is 1. The number of hydrogen-bond donors (Lipinski definition) is 1. The molecular formula is C13H19F3N2O3. The Balaban J connectivity index is 2.91. The predicted molar refractivity (Wildman–Crippen MR) is 69.8 cm³/mol. The van der Waals surface area contributed by atoms with Crippen LogP contribution in [0.2, 0.25) is 0 Å². The molecule has 0 radical (unpaired) electrons. The number of amides is 2. The van der Waals surface area contributed by atoms with Crippen LogP contribution in [0.25, 0.3) is 0 Å². The van der Waals surface area contributed by atoms with Crippen LogP contribution in [0.5, 0.6) is 0 Å². The molecule has 8 heteroatoms. The first-order valence-electron chi connectivity index (χ1n) is 6.64. The Labute approximate surface area is 121 Å². The van der Waals surface area contributed by atoms with E-state index in [0.717, 1.165) is 4.90 Å². The number of aliphatic carboxylic acids is 1. The molecule has 0 aliphatic carbocycles. The molecule has 5 nitrogen and oxygen atoms in total. The minimum absolute atomic E-state index is 0.218. The van der Waals surface area contributed by atoms with Gasteiger partial charge in [-0.1, -0.05) is 13.0 Å². The Morgan fingerprint density at radius 3 is 2.48 bits per heavy atom. The number of carboxylic acid groups (broad SMARTS) is 1. The number of nitrogens with zero attached hydrogens (tertiary/aromatic N) is 2. The topological polar surface area (TPSA) is 60.9 Å². The van der Waals surface area contributed by atoms with Crippen molar-refractivity contribution in [3.63, 3.8) is 0 Å². The third-order valence-corrected chi connectivity index (χ3v) is 3.61. The minimum Gasteiger partial charge on any atom is -0.481 e. The maximum absolute atomic E-state index is 13.1. The molecule has 0 aromatic heterocycles. The summed E-state index contributed by atoms with van der Waals surface area (Å²) in [5.74, 6) is -1.93. The number of urea groups is 1. The Hall–Kier alpha value is -1.73. The Morgan fingerprint density at radius 2 is 2.10 bits per heavy atom. The van der Waals surface area contributed by atoms with E-state index < -0.39 is 36.6 Å². The quantitative estimate of drug-likeness (QED) is 0.793. The molecule has 1 N–H and O–H groups in total. The Morgan fingerprint density at radius 1 is 1.48 bits per heavy atom. The van der Waals surface area contributed by atoms with Crippen molar-refractivity contribution in [3.05, 3.63) is 12.7 Å². The number of alkyl halides is 3. The number of carbonyl (C=O) groups excluding carboxylic acids is 1. The first-order chi connectivity index (χ1) is 9.69. The summed E-state index contributed by atoms with van der Waals surface area (Å²) < 4.78 is 39.2. The van der Waals surface area contributed by atoms with Gasteiger partial charge in [-0.15, -0.1) is 6.58 Å². The number of likely N-dealkylation sites (tertiary alicyclic amines) is 1. The van der Waals surface area contributed by atoms with E-state index in [1.165, 1.54) is 11.0 Å². The fourth-order valence-corrected chi connectivity index (χ4v) is 2.39. The van der Waals surface area contributed by atoms with E-state index in [1.54, 1.807) is 0 Å². The summed E-state index contributed by atoms with van der Waals surface area (Å²) in [5.41, 5.74) is -2.87.